The van der Waals surface area contributed by atoms with Gasteiger partial charge < -0.3 is 0 Å². The van der Waals surface area contributed by atoms with Crippen molar-refractivity contribution in [2.24, 2.45) is 0 Å². The Hall–Kier alpha value is -3.12. The van der Waals surface area contributed by atoms with Gasteiger partial charge in [0, 0.05) is 0 Å². The molecule has 1 heterocycles. The Balaban J connectivity index is 1.73. The number of nitrogens with one attached hydrogen (secondary N) is 1. The number of aromatic nitrogens is 2. The maximum Gasteiger partial charge on any atom is 0.262 e. The summed E-state index contributed by atoms with van der Waals surface area (Å²) in [6.07, 6.45) is 0. The standard InChI is InChI=1S/C21H19N3O2S/c1-15-21(16(2)24(22-15)19-10-4-3-5-11-19)23-27(25,26)20-13-12-17-8-6-7-9-18(17)14-20/h3-14,23H,1-2H3. The first kappa shape index (κ1) is 17.3. The van der Waals surface area contributed by atoms with Gasteiger partial charge in [-0.2, -0.15) is 5.10 Å². The van der Waals surface area contributed by atoms with Gasteiger partial charge in [-0.05, 0) is 48.9 Å². The minimum absolute atomic E-state index is 0.229. The third-order valence-electron chi connectivity index (χ3n) is 4.56. The van der Waals surface area contributed by atoms with E-state index in [1.807, 2.05) is 67.6 Å². The molecular formula is C21H19N3O2S. The molecule has 0 aliphatic heterocycles. The molecule has 0 aliphatic carbocycles. The molecule has 1 aromatic heterocycles. The van der Waals surface area contributed by atoms with Crippen LogP contribution in [0.15, 0.2) is 77.7 Å². The van der Waals surface area contributed by atoms with E-state index >= 15 is 0 Å². The maximum atomic E-state index is 12.9. The highest BCUT2D eigenvalue weighted by Crippen LogP contribution is 2.27. The number of hydrogen-bond acceptors (Lipinski definition) is 3. The van der Waals surface area contributed by atoms with Gasteiger partial charge in [0.25, 0.3) is 10.0 Å². The van der Waals surface area contributed by atoms with Crippen molar-refractivity contribution >= 4 is 26.5 Å². The van der Waals surface area contributed by atoms with Crippen molar-refractivity contribution < 1.29 is 8.42 Å². The first-order chi connectivity index (χ1) is 13.0. The predicted molar refractivity (Wildman–Crippen MR) is 108 cm³/mol. The van der Waals surface area contributed by atoms with Crippen molar-refractivity contribution in [1.82, 2.24) is 9.78 Å². The average molecular weight is 377 g/mol. The van der Waals surface area contributed by atoms with Gasteiger partial charge >= 0.3 is 0 Å². The summed E-state index contributed by atoms with van der Waals surface area (Å²) < 4.78 is 30.4. The first-order valence-corrected chi connectivity index (χ1v) is 10.1. The third kappa shape index (κ3) is 3.19. The second kappa shape index (κ2) is 6.55. The lowest BCUT2D eigenvalue weighted by Gasteiger charge is -2.10. The summed E-state index contributed by atoms with van der Waals surface area (Å²) in [5.41, 5.74) is 2.75. The van der Waals surface area contributed by atoms with E-state index < -0.39 is 10.0 Å². The van der Waals surface area contributed by atoms with Gasteiger partial charge in [-0.15, -0.1) is 0 Å². The van der Waals surface area contributed by atoms with E-state index in [9.17, 15) is 8.42 Å². The highest BCUT2D eigenvalue weighted by Gasteiger charge is 2.20. The van der Waals surface area contributed by atoms with Crippen molar-refractivity contribution in [3.05, 3.63) is 84.2 Å². The Bertz CT molecular complexity index is 1230. The van der Waals surface area contributed by atoms with E-state index in [1.54, 1.807) is 23.7 Å². The van der Waals surface area contributed by atoms with Gasteiger partial charge in [0.15, 0.2) is 0 Å². The van der Waals surface area contributed by atoms with E-state index in [0.29, 0.717) is 11.4 Å². The molecule has 5 nitrogen and oxygen atoms in total. The smallest absolute Gasteiger partial charge is 0.262 e. The normalized spacial score (nSPS) is 11.6. The molecule has 0 saturated heterocycles. The number of sulfonamides is 1. The lowest BCUT2D eigenvalue weighted by Crippen LogP contribution is -2.14. The molecule has 0 bridgehead atoms. The summed E-state index contributed by atoms with van der Waals surface area (Å²) in [6, 6.07) is 22.4. The first-order valence-electron chi connectivity index (χ1n) is 8.59. The minimum Gasteiger partial charge on any atom is -0.276 e. The Kier molecular flexibility index (Phi) is 4.20. The predicted octanol–water partition coefficient (Wildman–Crippen LogP) is 4.44. The summed E-state index contributed by atoms with van der Waals surface area (Å²) in [6.45, 7) is 3.65. The monoisotopic (exact) mass is 377 g/mol. The molecule has 3 aromatic carbocycles. The minimum atomic E-state index is -3.72. The van der Waals surface area contributed by atoms with Gasteiger partial charge in [0.05, 0.1) is 27.7 Å². The number of nitrogens with zero attached hydrogens (tertiary/aromatic N) is 2. The van der Waals surface area contributed by atoms with Crippen LogP contribution in [0.1, 0.15) is 11.4 Å². The second-order valence-electron chi connectivity index (χ2n) is 6.41. The summed E-state index contributed by atoms with van der Waals surface area (Å²) in [4.78, 5) is 0.229. The van der Waals surface area contributed by atoms with Crippen LogP contribution in [0.2, 0.25) is 0 Å². The van der Waals surface area contributed by atoms with Crippen LogP contribution in [-0.4, -0.2) is 18.2 Å². The number of aryl methyl sites for hydroxylation is 1. The van der Waals surface area contributed by atoms with Crippen LogP contribution < -0.4 is 4.72 Å². The quantitative estimate of drug-likeness (QED) is 0.572. The van der Waals surface area contributed by atoms with Crippen LogP contribution in [0.3, 0.4) is 0 Å². The topological polar surface area (TPSA) is 64.0 Å². The fourth-order valence-electron chi connectivity index (χ4n) is 3.14. The molecule has 0 spiro atoms. The molecule has 4 aromatic rings. The van der Waals surface area contributed by atoms with Crippen LogP contribution in [-0.2, 0) is 10.0 Å². The molecule has 0 saturated carbocycles. The fraction of sp³-hybridized carbons (Fsp3) is 0.0952. The van der Waals surface area contributed by atoms with E-state index in [4.69, 9.17) is 0 Å². The highest BCUT2D eigenvalue weighted by molar-refractivity contribution is 7.92. The SMILES string of the molecule is Cc1nn(-c2ccccc2)c(C)c1NS(=O)(=O)c1ccc2ccccc2c1. The van der Waals surface area contributed by atoms with E-state index in [0.717, 1.165) is 22.2 Å². The van der Waals surface area contributed by atoms with Crippen molar-refractivity contribution in [3.8, 4) is 5.69 Å². The summed E-state index contributed by atoms with van der Waals surface area (Å²) in [7, 11) is -3.72. The zero-order valence-corrected chi connectivity index (χ0v) is 15.9. The third-order valence-corrected chi connectivity index (χ3v) is 5.91. The van der Waals surface area contributed by atoms with Gasteiger partial charge in [-0.3, -0.25) is 4.72 Å². The Morgan fingerprint density at radius 2 is 1.52 bits per heavy atom. The van der Waals surface area contributed by atoms with Crippen molar-refractivity contribution in [3.63, 3.8) is 0 Å². The van der Waals surface area contributed by atoms with Crippen LogP contribution in [0, 0.1) is 13.8 Å². The largest absolute Gasteiger partial charge is 0.276 e. The number of hydrogen-bond donors (Lipinski definition) is 1. The molecule has 0 aliphatic rings. The fourth-order valence-corrected chi connectivity index (χ4v) is 4.35. The lowest BCUT2D eigenvalue weighted by atomic mass is 10.1. The highest BCUT2D eigenvalue weighted by atomic mass is 32.2. The molecule has 136 valence electrons. The van der Waals surface area contributed by atoms with Crippen LogP contribution in [0.4, 0.5) is 5.69 Å². The molecule has 4 rings (SSSR count). The van der Waals surface area contributed by atoms with Crippen molar-refractivity contribution in [2.45, 2.75) is 18.7 Å². The van der Waals surface area contributed by atoms with Crippen LogP contribution >= 0.6 is 0 Å². The average Bonchev–Trinajstić information content (AvgIpc) is 2.96. The van der Waals surface area contributed by atoms with Gasteiger partial charge in [0.2, 0.25) is 0 Å². The number of anilines is 1. The second-order valence-corrected chi connectivity index (χ2v) is 8.09. The van der Waals surface area contributed by atoms with Gasteiger partial charge in [0.1, 0.15) is 0 Å². The Morgan fingerprint density at radius 1 is 0.852 bits per heavy atom. The zero-order valence-electron chi connectivity index (χ0n) is 15.0. The zero-order chi connectivity index (χ0) is 19.0. The molecule has 0 amide bonds. The molecule has 1 N–H and O–H groups in total. The van der Waals surface area contributed by atoms with Crippen LogP contribution in [0.25, 0.3) is 16.5 Å². The van der Waals surface area contributed by atoms with E-state index in [-0.39, 0.29) is 4.90 Å². The van der Waals surface area contributed by atoms with E-state index in [1.165, 1.54) is 0 Å². The van der Waals surface area contributed by atoms with Crippen LogP contribution in [0.5, 0.6) is 0 Å². The van der Waals surface area contributed by atoms with Crippen molar-refractivity contribution in [1.29, 1.82) is 0 Å². The van der Waals surface area contributed by atoms with E-state index in [2.05, 4.69) is 9.82 Å². The molecule has 6 heteroatoms. The molecular weight excluding hydrogens is 358 g/mol. The molecule has 0 fully saturated rings. The Labute approximate surface area is 158 Å². The molecule has 0 unspecified atom stereocenters. The lowest BCUT2D eigenvalue weighted by molar-refractivity contribution is 0.601. The summed E-state index contributed by atoms with van der Waals surface area (Å²) in [5.74, 6) is 0. The number of fused-ring (bicyclic) bond motifs is 1. The summed E-state index contributed by atoms with van der Waals surface area (Å²) >= 11 is 0. The Morgan fingerprint density at radius 3 is 2.26 bits per heavy atom. The molecule has 27 heavy (non-hydrogen) atoms. The number of rotatable bonds is 4. The van der Waals surface area contributed by atoms with Gasteiger partial charge in [-0.25, -0.2) is 13.1 Å². The molecule has 0 radical (unpaired) electrons. The number of benzene rings is 3. The van der Waals surface area contributed by atoms with Crippen molar-refractivity contribution in [2.75, 3.05) is 4.72 Å². The number of para-hydroxylation sites is 1. The molecule has 0 atom stereocenters. The summed E-state index contributed by atoms with van der Waals surface area (Å²) in [5, 5.41) is 6.38. The maximum absolute atomic E-state index is 12.9. The van der Waals surface area contributed by atoms with Gasteiger partial charge in [-0.1, -0.05) is 48.5 Å².